The van der Waals surface area contributed by atoms with Gasteiger partial charge in [0.05, 0.1) is 34.9 Å². The van der Waals surface area contributed by atoms with Crippen LogP contribution in [0.15, 0.2) is 156 Å². The zero-order valence-corrected chi connectivity index (χ0v) is 35.3. The Morgan fingerprint density at radius 3 is 1.54 bits per heavy atom. The van der Waals surface area contributed by atoms with Crippen molar-refractivity contribution in [3.8, 4) is 45.5 Å². The zero-order valence-electron chi connectivity index (χ0n) is 35.3. The lowest BCUT2D eigenvalue weighted by atomic mass is 10.2. The first-order valence-corrected chi connectivity index (χ1v) is 20.4. The number of nitrogen functional groups attached to an aromatic ring is 1. The highest BCUT2D eigenvalue weighted by Crippen LogP contribution is 2.26. The molecule has 1 aliphatic rings. The van der Waals surface area contributed by atoms with E-state index in [2.05, 4.69) is 45.9 Å². The Balaban J connectivity index is 0.000000181. The Hall–Kier alpha value is -8.93. The van der Waals surface area contributed by atoms with E-state index in [-0.39, 0.29) is 17.1 Å². The van der Waals surface area contributed by atoms with E-state index in [1.54, 1.807) is 86.1 Å². The van der Waals surface area contributed by atoms with E-state index in [9.17, 15) is 14.4 Å². The number of nitrogens with one attached hydrogen (secondary N) is 3. The number of amides is 2. The van der Waals surface area contributed by atoms with Gasteiger partial charge >= 0.3 is 6.03 Å². The van der Waals surface area contributed by atoms with Crippen molar-refractivity contribution < 1.29 is 14.3 Å². The Morgan fingerprint density at radius 2 is 1.06 bits per heavy atom. The lowest BCUT2D eigenvalue weighted by Crippen LogP contribution is -2.32. The number of hydrogen-bond donors (Lipinski definition) is 4. The maximum Gasteiger partial charge on any atom is 0.323 e. The van der Waals surface area contributed by atoms with Crippen LogP contribution in [0.3, 0.4) is 0 Å². The number of nitrogens with two attached hydrogens (primary N) is 1. The van der Waals surface area contributed by atoms with Crippen molar-refractivity contribution >= 4 is 40.9 Å². The molecule has 5 N–H and O–H groups in total. The van der Waals surface area contributed by atoms with Crippen molar-refractivity contribution in [1.82, 2.24) is 43.9 Å². The number of hydrogen-bond acceptors (Lipinski definition) is 14. The van der Waals surface area contributed by atoms with Crippen LogP contribution < -0.4 is 42.3 Å². The second kappa shape index (κ2) is 19.8. The van der Waals surface area contributed by atoms with E-state index in [0.717, 1.165) is 37.3 Å². The van der Waals surface area contributed by atoms with E-state index in [1.807, 2.05) is 60.7 Å². The van der Waals surface area contributed by atoms with Crippen molar-refractivity contribution in [1.29, 1.82) is 0 Å². The van der Waals surface area contributed by atoms with Gasteiger partial charge in [0.2, 0.25) is 11.9 Å². The third-order valence-electron chi connectivity index (χ3n) is 10.0. The fourth-order valence-electron chi connectivity index (χ4n) is 6.59. The molecule has 0 radical (unpaired) electrons. The number of pyridine rings is 4. The van der Waals surface area contributed by atoms with Gasteiger partial charge in [0, 0.05) is 75.5 Å². The number of aromatic nitrogens is 8. The smallest absolute Gasteiger partial charge is 0.323 e. The molecule has 326 valence electrons. The molecule has 1 saturated heterocycles. The number of likely N-dealkylation sites (tertiary alicyclic amines) is 1. The first-order valence-electron chi connectivity index (χ1n) is 20.4. The third-order valence-corrected chi connectivity index (χ3v) is 10.0. The summed E-state index contributed by atoms with van der Waals surface area (Å²) in [5, 5.41) is 9.07. The summed E-state index contributed by atoms with van der Waals surface area (Å²) in [5.74, 6) is 3.71. The van der Waals surface area contributed by atoms with Gasteiger partial charge in [0.15, 0.2) is 0 Å². The number of nitrogens with zero attached hydrogens (tertiary/aromatic N) is 9. The number of para-hydroxylation sites is 2. The number of ether oxygens (including phenoxy) is 2. The summed E-state index contributed by atoms with van der Waals surface area (Å²) < 4.78 is 14.5. The third kappa shape index (κ3) is 10.8. The fourth-order valence-corrected chi connectivity index (χ4v) is 6.59. The second-order valence-electron chi connectivity index (χ2n) is 14.6. The largest absolute Gasteiger partial charge is 0.456 e. The van der Waals surface area contributed by atoms with E-state index in [4.69, 9.17) is 15.2 Å². The molecule has 0 unspecified atom stereocenters. The highest BCUT2D eigenvalue weighted by Gasteiger charge is 2.19. The molecule has 0 spiro atoms. The van der Waals surface area contributed by atoms with Gasteiger partial charge in [0.25, 0.3) is 11.1 Å². The second-order valence-corrected chi connectivity index (χ2v) is 14.6. The zero-order chi connectivity index (χ0) is 45.1. The summed E-state index contributed by atoms with van der Waals surface area (Å²) >= 11 is 0. The topological polar surface area (TPSA) is 222 Å². The van der Waals surface area contributed by atoms with Crippen LogP contribution in [0.25, 0.3) is 22.5 Å². The fraction of sp³-hybridized carbons (Fsp3) is 0.128. The molecular formula is C47H43N13O5. The molecule has 1 aliphatic heterocycles. The maximum atomic E-state index is 12.9. The van der Waals surface area contributed by atoms with Crippen molar-refractivity contribution in [3.63, 3.8) is 0 Å². The molecule has 0 atom stereocenters. The molecule has 0 saturated carbocycles. The first-order chi connectivity index (χ1) is 31.7. The molecule has 9 rings (SSSR count). The minimum atomic E-state index is -0.225. The maximum absolute atomic E-state index is 12.9. The number of benzene rings is 2. The standard InChI is InChI=1S/C26H25N7O3.C21H18N6O2/c1-32-24(34)21(17-29-25(32)30-18-7-3-2-4-8-18)22-10-9-20(16-28-22)36-19-11-12-27-23(15-19)31-26(35)33-13-5-6-14-33;1-27-20(28)17(13-25-21(27)26-14-5-3-2-4-6-14)18-8-7-16(12-24-18)29-15-9-10-23-19(22)11-15/h2-4,7-12,15-17H,5-6,13-14H2,1H3,(H,29,30)(H,27,31,35);2-13H,1H3,(H2,22,23)(H,25,26). The summed E-state index contributed by atoms with van der Waals surface area (Å²) in [7, 11) is 3.32. The quantitative estimate of drug-likeness (QED) is 0.0976. The number of carbonyl (C=O) groups excluding carboxylic acids is 1. The van der Waals surface area contributed by atoms with Gasteiger partial charge in [0.1, 0.15) is 34.6 Å². The molecule has 2 amide bonds. The van der Waals surface area contributed by atoms with Crippen LogP contribution in [0.5, 0.6) is 23.0 Å². The van der Waals surface area contributed by atoms with Gasteiger partial charge in [-0.3, -0.25) is 34.0 Å². The predicted molar refractivity (Wildman–Crippen MR) is 248 cm³/mol. The van der Waals surface area contributed by atoms with Gasteiger partial charge in [-0.15, -0.1) is 0 Å². The molecular weight excluding hydrogens is 827 g/mol. The number of carbonyl (C=O) groups is 1. The number of urea groups is 1. The van der Waals surface area contributed by atoms with Crippen LogP contribution in [-0.2, 0) is 14.1 Å². The molecule has 2 aromatic carbocycles. The Bertz CT molecular complexity index is 3020. The summed E-state index contributed by atoms with van der Waals surface area (Å²) in [5.41, 5.74) is 8.65. The summed E-state index contributed by atoms with van der Waals surface area (Å²) in [6.07, 6.45) is 11.3. The lowest BCUT2D eigenvalue weighted by Gasteiger charge is -2.16. The van der Waals surface area contributed by atoms with Crippen LogP contribution in [0.2, 0.25) is 0 Å². The average molecular weight is 870 g/mol. The molecule has 7 heterocycles. The first kappa shape index (κ1) is 42.7. The van der Waals surface area contributed by atoms with Crippen LogP contribution >= 0.6 is 0 Å². The van der Waals surface area contributed by atoms with Crippen LogP contribution in [-0.4, -0.2) is 63.1 Å². The van der Waals surface area contributed by atoms with E-state index >= 15 is 0 Å². The monoisotopic (exact) mass is 869 g/mol. The van der Waals surface area contributed by atoms with E-state index < -0.39 is 0 Å². The van der Waals surface area contributed by atoms with E-state index in [1.165, 1.54) is 27.7 Å². The molecule has 1 fully saturated rings. The molecule has 0 aliphatic carbocycles. The normalized spacial score (nSPS) is 11.8. The van der Waals surface area contributed by atoms with Gasteiger partial charge in [-0.05, 0) is 73.5 Å². The van der Waals surface area contributed by atoms with Crippen molar-refractivity contribution in [2.24, 2.45) is 14.1 Å². The summed E-state index contributed by atoms with van der Waals surface area (Å²) in [6.45, 7) is 1.51. The van der Waals surface area contributed by atoms with Crippen LogP contribution in [0.4, 0.5) is 39.7 Å². The highest BCUT2D eigenvalue weighted by molar-refractivity contribution is 5.88. The summed E-state index contributed by atoms with van der Waals surface area (Å²) in [6, 6.07) is 32.4. The van der Waals surface area contributed by atoms with Crippen LogP contribution in [0, 0.1) is 0 Å². The minimum absolute atomic E-state index is 0.164. The van der Waals surface area contributed by atoms with Crippen molar-refractivity contribution in [3.05, 3.63) is 167 Å². The van der Waals surface area contributed by atoms with Gasteiger partial charge in [-0.25, -0.2) is 24.7 Å². The van der Waals surface area contributed by atoms with Gasteiger partial charge in [-0.2, -0.15) is 0 Å². The number of rotatable bonds is 11. The lowest BCUT2D eigenvalue weighted by molar-refractivity contribution is 0.222. The molecule has 0 bridgehead atoms. The summed E-state index contributed by atoms with van der Waals surface area (Å²) in [4.78, 5) is 65.4. The Morgan fingerprint density at radius 1 is 0.569 bits per heavy atom. The minimum Gasteiger partial charge on any atom is -0.456 e. The molecule has 18 heteroatoms. The van der Waals surface area contributed by atoms with Gasteiger partial charge < -0.3 is 30.7 Å². The SMILES string of the molecule is Cn1c(Nc2ccccc2)ncc(-c2ccc(Oc3ccnc(N)c3)cn2)c1=O.Cn1c(Nc2ccccc2)ncc(-c2ccc(Oc3ccnc(NC(=O)N4CCCC4)c3)cn2)c1=O. The Labute approximate surface area is 372 Å². The molecule has 65 heavy (non-hydrogen) atoms. The average Bonchev–Trinajstić information content (AvgIpc) is 3.88. The molecule has 8 aromatic rings. The predicted octanol–water partition coefficient (Wildman–Crippen LogP) is 7.76. The Kier molecular flexibility index (Phi) is 13.1. The van der Waals surface area contributed by atoms with Crippen molar-refractivity contribution in [2.45, 2.75) is 12.8 Å². The molecule has 6 aromatic heterocycles. The number of anilines is 6. The van der Waals surface area contributed by atoms with E-state index in [0.29, 0.717) is 69.0 Å². The van der Waals surface area contributed by atoms with Gasteiger partial charge in [-0.1, -0.05) is 36.4 Å². The van der Waals surface area contributed by atoms with Crippen molar-refractivity contribution in [2.75, 3.05) is 34.8 Å². The highest BCUT2D eigenvalue weighted by atomic mass is 16.5. The van der Waals surface area contributed by atoms with Crippen LogP contribution in [0.1, 0.15) is 12.8 Å². The molecule has 18 nitrogen and oxygen atoms in total.